The summed E-state index contributed by atoms with van der Waals surface area (Å²) in [5.41, 5.74) is 1.15. The Bertz CT molecular complexity index is 646. The second-order valence-electron chi connectivity index (χ2n) is 6.47. The van der Waals surface area contributed by atoms with Crippen molar-refractivity contribution in [1.82, 2.24) is 20.9 Å². The largest absolute Gasteiger partial charge is 0.495 e. The van der Waals surface area contributed by atoms with E-state index in [0.29, 0.717) is 36.6 Å². The highest BCUT2D eigenvalue weighted by molar-refractivity contribution is 5.99. The molecule has 2 aliphatic rings. The van der Waals surface area contributed by atoms with E-state index in [9.17, 15) is 9.59 Å². The first-order valence-electron chi connectivity index (χ1n) is 9.13. The van der Waals surface area contributed by atoms with E-state index in [1.54, 1.807) is 30.2 Å². The molecule has 0 spiro atoms. The zero-order valence-corrected chi connectivity index (χ0v) is 15.2. The lowest BCUT2D eigenvalue weighted by atomic mass is 10.1. The Kier molecular flexibility index (Phi) is 6.30. The number of anilines is 1. The summed E-state index contributed by atoms with van der Waals surface area (Å²) in [4.78, 5) is 28.4. The van der Waals surface area contributed by atoms with E-state index in [-0.39, 0.29) is 11.9 Å². The van der Waals surface area contributed by atoms with Gasteiger partial charge in [0.25, 0.3) is 5.91 Å². The highest BCUT2D eigenvalue weighted by atomic mass is 16.5. The van der Waals surface area contributed by atoms with Gasteiger partial charge in [-0.25, -0.2) is 4.79 Å². The highest BCUT2D eigenvalue weighted by Crippen LogP contribution is 2.30. The molecule has 2 aliphatic heterocycles. The molecule has 3 rings (SSSR count). The smallest absolute Gasteiger partial charge is 0.322 e. The molecule has 0 radical (unpaired) electrons. The molecule has 2 heterocycles. The van der Waals surface area contributed by atoms with E-state index in [2.05, 4.69) is 20.9 Å². The number of carbonyl (C=O) groups is 2. The lowest BCUT2D eigenvalue weighted by Gasteiger charge is -2.27. The van der Waals surface area contributed by atoms with Crippen LogP contribution in [0.25, 0.3) is 0 Å². The maximum atomic E-state index is 12.4. The molecule has 8 heteroatoms. The molecular weight excluding hydrogens is 334 g/mol. The second-order valence-corrected chi connectivity index (χ2v) is 6.47. The van der Waals surface area contributed by atoms with Gasteiger partial charge >= 0.3 is 6.03 Å². The molecule has 0 unspecified atom stereocenters. The van der Waals surface area contributed by atoms with Gasteiger partial charge in [0, 0.05) is 51.4 Å². The van der Waals surface area contributed by atoms with E-state index < -0.39 is 0 Å². The molecule has 3 amide bonds. The van der Waals surface area contributed by atoms with Crippen molar-refractivity contribution in [2.24, 2.45) is 0 Å². The van der Waals surface area contributed by atoms with Crippen molar-refractivity contribution in [3.05, 3.63) is 23.8 Å². The predicted octanol–water partition coefficient (Wildman–Crippen LogP) is 0.250. The lowest BCUT2D eigenvalue weighted by molar-refractivity contribution is 0.0951. The SMILES string of the molecule is COc1ccc(C(=O)NCCCN2CCNCC2)cc1N1CCNC1=O. The molecule has 8 nitrogen and oxygen atoms in total. The number of ether oxygens (including phenoxy) is 1. The van der Waals surface area contributed by atoms with Crippen LogP contribution in [0.15, 0.2) is 18.2 Å². The van der Waals surface area contributed by atoms with Crippen molar-refractivity contribution >= 4 is 17.6 Å². The summed E-state index contributed by atoms with van der Waals surface area (Å²) in [6.07, 6.45) is 0.920. The van der Waals surface area contributed by atoms with Gasteiger partial charge in [-0.1, -0.05) is 0 Å². The third-order valence-electron chi connectivity index (χ3n) is 4.73. The Morgan fingerprint density at radius 1 is 1.23 bits per heavy atom. The quantitative estimate of drug-likeness (QED) is 0.606. The van der Waals surface area contributed by atoms with Crippen molar-refractivity contribution in [2.75, 3.05) is 64.4 Å². The zero-order chi connectivity index (χ0) is 18.4. The third-order valence-corrected chi connectivity index (χ3v) is 4.73. The molecule has 0 saturated carbocycles. The second kappa shape index (κ2) is 8.86. The van der Waals surface area contributed by atoms with Gasteiger partial charge in [-0.05, 0) is 31.2 Å². The van der Waals surface area contributed by atoms with E-state index in [0.717, 1.165) is 39.1 Å². The van der Waals surface area contributed by atoms with Crippen LogP contribution in [0.4, 0.5) is 10.5 Å². The van der Waals surface area contributed by atoms with Crippen LogP contribution in [-0.4, -0.2) is 76.3 Å². The Balaban J connectivity index is 1.55. The Morgan fingerprint density at radius 2 is 2.04 bits per heavy atom. The molecular formula is C18H27N5O3. The number of nitrogens with one attached hydrogen (secondary N) is 3. The number of methoxy groups -OCH3 is 1. The maximum absolute atomic E-state index is 12.4. The zero-order valence-electron chi connectivity index (χ0n) is 15.2. The number of piperazine rings is 1. The molecule has 142 valence electrons. The lowest BCUT2D eigenvalue weighted by Crippen LogP contribution is -2.44. The number of benzene rings is 1. The van der Waals surface area contributed by atoms with E-state index in [1.807, 2.05) is 0 Å². The van der Waals surface area contributed by atoms with Crippen LogP contribution >= 0.6 is 0 Å². The van der Waals surface area contributed by atoms with Crippen molar-refractivity contribution in [3.63, 3.8) is 0 Å². The minimum absolute atomic E-state index is 0.131. The molecule has 2 fully saturated rings. The van der Waals surface area contributed by atoms with Gasteiger partial charge in [0.05, 0.1) is 12.8 Å². The molecule has 26 heavy (non-hydrogen) atoms. The van der Waals surface area contributed by atoms with Crippen LogP contribution in [-0.2, 0) is 0 Å². The first-order valence-corrected chi connectivity index (χ1v) is 9.13. The Morgan fingerprint density at radius 3 is 2.73 bits per heavy atom. The van der Waals surface area contributed by atoms with Gasteiger partial charge in [0.15, 0.2) is 0 Å². The maximum Gasteiger partial charge on any atom is 0.322 e. The standard InChI is InChI=1S/C18H27N5O3/c1-26-16-4-3-14(13-15(16)23-12-8-21-18(23)25)17(24)20-5-2-9-22-10-6-19-7-11-22/h3-4,13,19H,2,5-12H2,1H3,(H,20,24)(H,21,25). The highest BCUT2D eigenvalue weighted by Gasteiger charge is 2.25. The number of urea groups is 1. The Hall–Kier alpha value is -2.32. The van der Waals surface area contributed by atoms with Gasteiger partial charge in [0.2, 0.25) is 0 Å². The first kappa shape index (κ1) is 18.5. The van der Waals surface area contributed by atoms with Crippen molar-refractivity contribution in [2.45, 2.75) is 6.42 Å². The number of hydrogen-bond acceptors (Lipinski definition) is 5. The molecule has 1 aromatic carbocycles. The monoisotopic (exact) mass is 361 g/mol. The predicted molar refractivity (Wildman–Crippen MR) is 100.0 cm³/mol. The van der Waals surface area contributed by atoms with Crippen LogP contribution in [0.1, 0.15) is 16.8 Å². The minimum Gasteiger partial charge on any atom is -0.495 e. The van der Waals surface area contributed by atoms with Crippen LogP contribution < -0.4 is 25.6 Å². The summed E-state index contributed by atoms with van der Waals surface area (Å²) in [6.45, 7) is 6.96. The van der Waals surface area contributed by atoms with Gasteiger partial charge in [0.1, 0.15) is 5.75 Å². The van der Waals surface area contributed by atoms with Gasteiger partial charge in [-0.3, -0.25) is 9.69 Å². The average Bonchev–Trinajstić information content (AvgIpc) is 3.11. The molecule has 2 saturated heterocycles. The number of rotatable bonds is 7. The summed E-state index contributed by atoms with van der Waals surface area (Å²) in [6, 6.07) is 5.00. The van der Waals surface area contributed by atoms with E-state index in [1.165, 1.54) is 0 Å². The average molecular weight is 361 g/mol. The minimum atomic E-state index is -0.170. The molecule has 0 bridgehead atoms. The molecule has 3 N–H and O–H groups in total. The topological polar surface area (TPSA) is 85.9 Å². The summed E-state index contributed by atoms with van der Waals surface area (Å²) in [5, 5.41) is 9.06. The van der Waals surface area contributed by atoms with Gasteiger partial charge in [-0.2, -0.15) is 0 Å². The van der Waals surface area contributed by atoms with Crippen LogP contribution in [0.2, 0.25) is 0 Å². The Labute approximate surface area is 153 Å². The molecule has 0 aliphatic carbocycles. The third kappa shape index (κ3) is 4.44. The fraction of sp³-hybridized carbons (Fsp3) is 0.556. The number of nitrogens with zero attached hydrogens (tertiary/aromatic N) is 2. The summed E-state index contributed by atoms with van der Waals surface area (Å²) < 4.78 is 5.34. The molecule has 1 aromatic rings. The number of hydrogen-bond donors (Lipinski definition) is 3. The number of carbonyl (C=O) groups excluding carboxylic acids is 2. The van der Waals surface area contributed by atoms with Gasteiger partial charge < -0.3 is 25.6 Å². The van der Waals surface area contributed by atoms with E-state index >= 15 is 0 Å². The summed E-state index contributed by atoms with van der Waals surface area (Å²) >= 11 is 0. The number of amides is 3. The fourth-order valence-corrected chi connectivity index (χ4v) is 3.29. The summed E-state index contributed by atoms with van der Waals surface area (Å²) in [5.74, 6) is 0.450. The van der Waals surface area contributed by atoms with Gasteiger partial charge in [-0.15, -0.1) is 0 Å². The van der Waals surface area contributed by atoms with Crippen LogP contribution in [0.5, 0.6) is 5.75 Å². The van der Waals surface area contributed by atoms with Crippen LogP contribution in [0, 0.1) is 0 Å². The van der Waals surface area contributed by atoms with Crippen molar-refractivity contribution in [1.29, 1.82) is 0 Å². The first-order chi connectivity index (χ1) is 12.7. The van der Waals surface area contributed by atoms with Crippen LogP contribution in [0.3, 0.4) is 0 Å². The summed E-state index contributed by atoms with van der Waals surface area (Å²) in [7, 11) is 1.56. The normalized spacial score (nSPS) is 17.9. The molecule has 0 atom stereocenters. The molecule has 0 aromatic heterocycles. The van der Waals surface area contributed by atoms with E-state index in [4.69, 9.17) is 4.74 Å². The van der Waals surface area contributed by atoms with Crippen molar-refractivity contribution < 1.29 is 14.3 Å². The van der Waals surface area contributed by atoms with Crippen molar-refractivity contribution in [3.8, 4) is 5.75 Å². The fourth-order valence-electron chi connectivity index (χ4n) is 3.29.